The van der Waals surface area contributed by atoms with Crippen LogP contribution < -0.4 is 5.76 Å². The number of aromatic nitrogens is 3. The van der Waals surface area contributed by atoms with E-state index in [1.165, 1.54) is 12.8 Å². The van der Waals surface area contributed by atoms with Crippen LogP contribution in [0.2, 0.25) is 0 Å². The lowest BCUT2D eigenvalue weighted by atomic mass is 10.2. The molecule has 0 radical (unpaired) electrons. The third-order valence-corrected chi connectivity index (χ3v) is 2.47. The molecule has 2 heterocycles. The van der Waals surface area contributed by atoms with Gasteiger partial charge in [0.15, 0.2) is 0 Å². The summed E-state index contributed by atoms with van der Waals surface area (Å²) in [4.78, 5) is 15.1. The summed E-state index contributed by atoms with van der Waals surface area (Å²) in [6.45, 7) is 0. The second kappa shape index (κ2) is 3.05. The monoisotopic (exact) mass is 203 g/mol. The molecule has 0 unspecified atom stereocenters. The summed E-state index contributed by atoms with van der Waals surface area (Å²) in [7, 11) is 0. The van der Waals surface area contributed by atoms with Crippen LogP contribution in [0.4, 0.5) is 0 Å². The predicted octanol–water partition coefficient (Wildman–Crippen LogP) is 1.30. The van der Waals surface area contributed by atoms with E-state index in [4.69, 9.17) is 4.42 Å². The van der Waals surface area contributed by atoms with E-state index < -0.39 is 5.76 Å². The molecule has 1 saturated carbocycles. The van der Waals surface area contributed by atoms with E-state index >= 15 is 0 Å². The molecule has 0 saturated heterocycles. The van der Waals surface area contributed by atoms with Crippen molar-refractivity contribution in [2.24, 2.45) is 0 Å². The third kappa shape index (κ3) is 1.56. The van der Waals surface area contributed by atoms with E-state index in [2.05, 4.69) is 15.2 Å². The van der Waals surface area contributed by atoms with E-state index in [1.54, 1.807) is 6.20 Å². The van der Waals surface area contributed by atoms with Gasteiger partial charge in [-0.15, -0.1) is 5.10 Å². The standard InChI is InChI=1S/C10H9N3O2/c14-10-13-12-9(15-10)7-3-4-8(11-5-7)6-1-2-6/h3-6H,1-2H2,(H,13,14). The first-order chi connectivity index (χ1) is 7.33. The fourth-order valence-corrected chi connectivity index (χ4v) is 1.51. The number of pyridine rings is 1. The Balaban J connectivity index is 1.95. The molecule has 0 aliphatic heterocycles. The van der Waals surface area contributed by atoms with Crippen molar-refractivity contribution in [3.8, 4) is 11.5 Å². The van der Waals surface area contributed by atoms with Gasteiger partial charge >= 0.3 is 5.76 Å². The molecule has 5 nitrogen and oxygen atoms in total. The highest BCUT2D eigenvalue weighted by Gasteiger charge is 2.24. The van der Waals surface area contributed by atoms with Crippen LogP contribution in [0.5, 0.6) is 0 Å². The average molecular weight is 203 g/mol. The maximum Gasteiger partial charge on any atom is 0.434 e. The number of hydrogen-bond acceptors (Lipinski definition) is 4. The molecule has 0 bridgehead atoms. The maximum atomic E-state index is 10.7. The molecular weight excluding hydrogens is 194 g/mol. The van der Waals surface area contributed by atoms with Gasteiger partial charge in [0.25, 0.3) is 5.89 Å². The first-order valence-corrected chi connectivity index (χ1v) is 4.85. The molecule has 2 aromatic rings. The molecule has 0 amide bonds. The molecule has 1 N–H and O–H groups in total. The van der Waals surface area contributed by atoms with Crippen molar-refractivity contribution in [3.05, 3.63) is 34.6 Å². The summed E-state index contributed by atoms with van der Waals surface area (Å²) in [6.07, 6.45) is 4.14. The summed E-state index contributed by atoms with van der Waals surface area (Å²) in [6, 6.07) is 3.83. The van der Waals surface area contributed by atoms with E-state index in [0.29, 0.717) is 5.92 Å². The Hall–Kier alpha value is -1.91. The molecule has 1 aliphatic rings. The second-order valence-corrected chi connectivity index (χ2v) is 3.66. The van der Waals surface area contributed by atoms with Crippen LogP contribution in [-0.2, 0) is 0 Å². The van der Waals surface area contributed by atoms with Crippen molar-refractivity contribution in [2.75, 3.05) is 0 Å². The zero-order chi connectivity index (χ0) is 10.3. The Kier molecular flexibility index (Phi) is 1.71. The van der Waals surface area contributed by atoms with Crippen LogP contribution >= 0.6 is 0 Å². The molecule has 5 heteroatoms. The summed E-state index contributed by atoms with van der Waals surface area (Å²) in [5, 5.41) is 5.95. The molecule has 0 atom stereocenters. The van der Waals surface area contributed by atoms with E-state index in [1.807, 2.05) is 12.1 Å². The van der Waals surface area contributed by atoms with Gasteiger partial charge in [0, 0.05) is 17.8 Å². The molecule has 3 rings (SSSR count). The van der Waals surface area contributed by atoms with Crippen LogP contribution in [-0.4, -0.2) is 15.2 Å². The largest absolute Gasteiger partial charge is 0.434 e. The number of nitrogens with zero attached hydrogens (tertiary/aromatic N) is 2. The first kappa shape index (κ1) is 8.40. The number of nitrogens with one attached hydrogen (secondary N) is 1. The summed E-state index contributed by atoms with van der Waals surface area (Å²) < 4.78 is 4.82. The van der Waals surface area contributed by atoms with Crippen molar-refractivity contribution >= 4 is 0 Å². The van der Waals surface area contributed by atoms with Gasteiger partial charge in [-0.25, -0.2) is 9.89 Å². The molecule has 1 aliphatic carbocycles. The highest BCUT2D eigenvalue weighted by Crippen LogP contribution is 2.38. The van der Waals surface area contributed by atoms with Crippen LogP contribution in [0.25, 0.3) is 11.5 Å². The smallest absolute Gasteiger partial charge is 0.388 e. The minimum atomic E-state index is -0.545. The minimum absolute atomic E-state index is 0.287. The van der Waals surface area contributed by atoms with Gasteiger partial charge < -0.3 is 4.42 Å². The molecule has 76 valence electrons. The van der Waals surface area contributed by atoms with Gasteiger partial charge in [-0.05, 0) is 25.0 Å². The Morgan fingerprint density at radius 3 is 2.80 bits per heavy atom. The lowest BCUT2D eigenvalue weighted by Crippen LogP contribution is -1.93. The zero-order valence-corrected chi connectivity index (χ0v) is 7.93. The fraction of sp³-hybridized carbons (Fsp3) is 0.300. The molecule has 2 aromatic heterocycles. The van der Waals surface area contributed by atoms with Crippen LogP contribution in [0, 0.1) is 0 Å². The van der Waals surface area contributed by atoms with Gasteiger partial charge in [0.05, 0.1) is 5.56 Å². The van der Waals surface area contributed by atoms with Crippen LogP contribution in [0.3, 0.4) is 0 Å². The highest BCUT2D eigenvalue weighted by molar-refractivity contribution is 5.50. The van der Waals surface area contributed by atoms with Crippen molar-refractivity contribution in [1.29, 1.82) is 0 Å². The minimum Gasteiger partial charge on any atom is -0.388 e. The Morgan fingerprint density at radius 2 is 2.27 bits per heavy atom. The Morgan fingerprint density at radius 1 is 1.40 bits per heavy atom. The van der Waals surface area contributed by atoms with E-state index in [9.17, 15) is 4.79 Å². The van der Waals surface area contributed by atoms with Crippen LogP contribution in [0.1, 0.15) is 24.5 Å². The normalized spacial score (nSPS) is 15.5. The Labute approximate surface area is 85.2 Å². The SMILES string of the molecule is O=c1[nH]nc(-c2ccc(C3CC3)nc2)o1. The van der Waals surface area contributed by atoms with E-state index in [0.717, 1.165) is 11.3 Å². The van der Waals surface area contributed by atoms with Gasteiger partial charge in [-0.2, -0.15) is 0 Å². The number of rotatable bonds is 2. The fourth-order valence-electron chi connectivity index (χ4n) is 1.51. The molecule has 0 aromatic carbocycles. The average Bonchev–Trinajstić information content (AvgIpc) is 3.02. The lowest BCUT2D eigenvalue weighted by molar-refractivity contribution is 0.526. The van der Waals surface area contributed by atoms with Crippen molar-refractivity contribution in [2.45, 2.75) is 18.8 Å². The number of aromatic amines is 1. The molecular formula is C10H9N3O2. The zero-order valence-electron chi connectivity index (χ0n) is 7.93. The summed E-state index contributed by atoms with van der Waals surface area (Å²) in [5.41, 5.74) is 1.83. The second-order valence-electron chi connectivity index (χ2n) is 3.66. The predicted molar refractivity (Wildman–Crippen MR) is 52.3 cm³/mol. The van der Waals surface area contributed by atoms with Gasteiger partial charge in [-0.1, -0.05) is 0 Å². The highest BCUT2D eigenvalue weighted by atomic mass is 16.4. The van der Waals surface area contributed by atoms with Crippen molar-refractivity contribution < 1.29 is 4.42 Å². The van der Waals surface area contributed by atoms with Gasteiger partial charge in [0.1, 0.15) is 0 Å². The maximum absolute atomic E-state index is 10.7. The van der Waals surface area contributed by atoms with Crippen molar-refractivity contribution in [3.63, 3.8) is 0 Å². The summed E-state index contributed by atoms with van der Waals surface area (Å²) in [5.74, 6) is 0.372. The summed E-state index contributed by atoms with van der Waals surface area (Å²) >= 11 is 0. The van der Waals surface area contributed by atoms with Gasteiger partial charge in [0.2, 0.25) is 0 Å². The van der Waals surface area contributed by atoms with E-state index in [-0.39, 0.29) is 5.89 Å². The molecule has 0 spiro atoms. The number of H-pyrrole nitrogens is 1. The lowest BCUT2D eigenvalue weighted by Gasteiger charge is -1.97. The number of hydrogen-bond donors (Lipinski definition) is 1. The third-order valence-electron chi connectivity index (χ3n) is 2.47. The quantitative estimate of drug-likeness (QED) is 0.798. The molecule has 1 fully saturated rings. The molecule has 15 heavy (non-hydrogen) atoms. The topological polar surface area (TPSA) is 71.8 Å². The Bertz CT molecular complexity index is 522. The van der Waals surface area contributed by atoms with Crippen LogP contribution in [0.15, 0.2) is 27.5 Å². The first-order valence-electron chi connectivity index (χ1n) is 4.85. The van der Waals surface area contributed by atoms with Crippen molar-refractivity contribution in [1.82, 2.24) is 15.2 Å². The van der Waals surface area contributed by atoms with Gasteiger partial charge in [-0.3, -0.25) is 4.98 Å².